The highest BCUT2D eigenvalue weighted by atomic mass is 32.2. The molecule has 3 heteroatoms. The Kier molecular flexibility index (Phi) is 7.38. The molecule has 0 aliphatic heterocycles. The van der Waals surface area contributed by atoms with Crippen LogP contribution in [0.3, 0.4) is 0 Å². The van der Waals surface area contributed by atoms with Crippen LogP contribution < -0.4 is 0 Å². The van der Waals surface area contributed by atoms with Gasteiger partial charge in [0.25, 0.3) is 0 Å². The van der Waals surface area contributed by atoms with E-state index in [-0.39, 0.29) is 0 Å². The SMILES string of the molecule is C=C(SCCC(SC)[Si](C)(C)C)C(C)C. The van der Waals surface area contributed by atoms with Crippen molar-refractivity contribution in [1.29, 1.82) is 0 Å². The van der Waals surface area contributed by atoms with Crippen LogP contribution >= 0.6 is 23.5 Å². The molecule has 0 aromatic rings. The van der Waals surface area contributed by atoms with E-state index in [9.17, 15) is 0 Å². The Morgan fingerprint density at radius 2 is 1.80 bits per heavy atom. The first-order valence-electron chi connectivity index (χ1n) is 5.63. The Bertz CT molecular complexity index is 194. The van der Waals surface area contributed by atoms with Gasteiger partial charge in [0.1, 0.15) is 0 Å². The summed E-state index contributed by atoms with van der Waals surface area (Å²) in [5, 5.41) is 0. The molecule has 0 aliphatic carbocycles. The third-order valence-electron chi connectivity index (χ3n) is 2.56. The van der Waals surface area contributed by atoms with Crippen molar-refractivity contribution in [2.45, 2.75) is 44.8 Å². The van der Waals surface area contributed by atoms with Gasteiger partial charge >= 0.3 is 0 Å². The Morgan fingerprint density at radius 1 is 1.27 bits per heavy atom. The number of rotatable bonds is 7. The number of allylic oxidation sites excluding steroid dienone is 1. The largest absolute Gasteiger partial charge is 0.165 e. The number of thioether (sulfide) groups is 2. The fourth-order valence-corrected chi connectivity index (χ4v) is 6.87. The molecule has 0 bridgehead atoms. The molecular weight excluding hydrogens is 236 g/mol. The second-order valence-electron chi connectivity index (χ2n) is 5.35. The molecule has 0 fully saturated rings. The molecule has 0 spiro atoms. The summed E-state index contributed by atoms with van der Waals surface area (Å²) in [5.74, 6) is 1.86. The van der Waals surface area contributed by atoms with E-state index < -0.39 is 8.07 Å². The molecule has 0 rings (SSSR count). The van der Waals surface area contributed by atoms with E-state index in [0.717, 1.165) is 4.87 Å². The van der Waals surface area contributed by atoms with Gasteiger partial charge in [-0.25, -0.2) is 0 Å². The van der Waals surface area contributed by atoms with Gasteiger partial charge in [0.05, 0.1) is 8.07 Å². The summed E-state index contributed by atoms with van der Waals surface area (Å²) >= 11 is 4.01. The average Bonchev–Trinajstić information content (AvgIpc) is 2.09. The van der Waals surface area contributed by atoms with Crippen molar-refractivity contribution in [3.8, 4) is 0 Å². The molecule has 0 saturated heterocycles. The lowest BCUT2D eigenvalue weighted by Gasteiger charge is -2.27. The van der Waals surface area contributed by atoms with E-state index in [1.54, 1.807) is 0 Å². The third kappa shape index (κ3) is 6.75. The van der Waals surface area contributed by atoms with E-state index >= 15 is 0 Å². The summed E-state index contributed by atoms with van der Waals surface area (Å²) in [6, 6.07) is 0. The van der Waals surface area contributed by atoms with Crippen LogP contribution in [0.25, 0.3) is 0 Å². The maximum Gasteiger partial charge on any atom is 0.0587 e. The normalized spacial score (nSPS) is 14.3. The van der Waals surface area contributed by atoms with E-state index in [4.69, 9.17) is 0 Å². The Labute approximate surface area is 106 Å². The monoisotopic (exact) mass is 262 g/mol. The first-order valence-corrected chi connectivity index (χ1v) is 11.5. The third-order valence-corrected chi connectivity index (χ3v) is 9.70. The predicted molar refractivity (Wildman–Crippen MR) is 81.7 cm³/mol. The van der Waals surface area contributed by atoms with Crippen LogP contribution in [0.4, 0.5) is 0 Å². The minimum Gasteiger partial charge on any atom is -0.165 e. The molecular formula is C12H26S2Si. The summed E-state index contributed by atoms with van der Waals surface area (Å²) in [6.45, 7) is 16.0. The summed E-state index contributed by atoms with van der Waals surface area (Å²) in [5.41, 5.74) is 0. The fraction of sp³-hybridized carbons (Fsp3) is 0.833. The van der Waals surface area contributed by atoms with E-state index in [2.05, 4.69) is 58.1 Å². The van der Waals surface area contributed by atoms with E-state index in [1.165, 1.54) is 17.1 Å². The van der Waals surface area contributed by atoms with Gasteiger partial charge in [-0.05, 0) is 34.1 Å². The van der Waals surface area contributed by atoms with Crippen LogP contribution in [0.1, 0.15) is 20.3 Å². The van der Waals surface area contributed by atoms with Crippen LogP contribution in [-0.2, 0) is 0 Å². The van der Waals surface area contributed by atoms with Gasteiger partial charge in [-0.2, -0.15) is 11.8 Å². The lowest BCUT2D eigenvalue weighted by Crippen LogP contribution is -2.35. The van der Waals surface area contributed by atoms with Crippen LogP contribution in [0.5, 0.6) is 0 Å². The van der Waals surface area contributed by atoms with Gasteiger partial charge in [0.2, 0.25) is 0 Å². The second kappa shape index (κ2) is 7.07. The van der Waals surface area contributed by atoms with Crippen LogP contribution in [0, 0.1) is 5.92 Å². The minimum absolute atomic E-state index is 0.620. The summed E-state index contributed by atoms with van der Waals surface area (Å²) < 4.78 is 0. The Morgan fingerprint density at radius 3 is 2.13 bits per heavy atom. The molecule has 0 radical (unpaired) electrons. The van der Waals surface area contributed by atoms with Gasteiger partial charge in [-0.15, -0.1) is 11.8 Å². The highest BCUT2D eigenvalue weighted by molar-refractivity contribution is 8.03. The van der Waals surface area contributed by atoms with Gasteiger partial charge in [-0.3, -0.25) is 0 Å². The molecule has 0 amide bonds. The molecule has 90 valence electrons. The summed E-state index contributed by atoms with van der Waals surface area (Å²) in [6.07, 6.45) is 3.60. The molecule has 0 aromatic carbocycles. The lowest BCUT2D eigenvalue weighted by atomic mass is 10.2. The molecule has 1 atom stereocenters. The zero-order valence-corrected chi connectivity index (χ0v) is 13.7. The Balaban J connectivity index is 3.89. The zero-order chi connectivity index (χ0) is 12.1. The predicted octanol–water partition coefficient (Wildman–Crippen LogP) is 4.89. The highest BCUT2D eigenvalue weighted by Gasteiger charge is 2.25. The summed E-state index contributed by atoms with van der Waals surface area (Å²) in [4.78, 5) is 2.23. The second-order valence-corrected chi connectivity index (χ2v) is 13.5. The van der Waals surface area contributed by atoms with Crippen molar-refractivity contribution in [3.05, 3.63) is 11.5 Å². The van der Waals surface area contributed by atoms with Gasteiger partial charge in [0.15, 0.2) is 0 Å². The van der Waals surface area contributed by atoms with Gasteiger partial charge in [0, 0.05) is 0 Å². The van der Waals surface area contributed by atoms with Crippen LogP contribution in [0.15, 0.2) is 11.5 Å². The zero-order valence-electron chi connectivity index (χ0n) is 11.1. The van der Waals surface area contributed by atoms with Crippen molar-refractivity contribution < 1.29 is 0 Å². The van der Waals surface area contributed by atoms with E-state index in [1.807, 2.05) is 11.8 Å². The lowest BCUT2D eigenvalue weighted by molar-refractivity contribution is 0.819. The van der Waals surface area contributed by atoms with Crippen molar-refractivity contribution in [2.75, 3.05) is 12.0 Å². The standard InChI is InChI=1S/C12H26S2Si/c1-10(2)11(3)14-9-8-12(13-4)15(5,6)7/h10,12H,3,8-9H2,1-2,4-7H3. The molecule has 0 nitrogen and oxygen atoms in total. The molecule has 0 saturated carbocycles. The van der Waals surface area contributed by atoms with Crippen LogP contribution in [-0.4, -0.2) is 25.0 Å². The molecule has 15 heavy (non-hydrogen) atoms. The molecule has 0 aromatic heterocycles. The number of hydrogen-bond acceptors (Lipinski definition) is 2. The first kappa shape index (κ1) is 15.7. The van der Waals surface area contributed by atoms with Crippen molar-refractivity contribution in [1.82, 2.24) is 0 Å². The van der Waals surface area contributed by atoms with Gasteiger partial charge < -0.3 is 0 Å². The van der Waals surface area contributed by atoms with Crippen LogP contribution in [0.2, 0.25) is 19.6 Å². The van der Waals surface area contributed by atoms with Crippen molar-refractivity contribution >= 4 is 31.6 Å². The van der Waals surface area contributed by atoms with E-state index in [0.29, 0.717) is 5.92 Å². The fourth-order valence-electron chi connectivity index (χ4n) is 1.37. The first-order chi connectivity index (χ1) is 6.79. The molecule has 0 heterocycles. The highest BCUT2D eigenvalue weighted by Crippen LogP contribution is 2.28. The molecule has 1 unspecified atom stereocenters. The van der Waals surface area contributed by atoms with Gasteiger partial charge in [-0.1, -0.05) is 40.1 Å². The minimum atomic E-state index is -0.966. The maximum atomic E-state index is 4.11. The van der Waals surface area contributed by atoms with Crippen molar-refractivity contribution in [3.63, 3.8) is 0 Å². The summed E-state index contributed by atoms with van der Waals surface area (Å²) in [7, 11) is -0.966. The number of hydrogen-bond donors (Lipinski definition) is 0. The molecule has 0 aliphatic rings. The smallest absolute Gasteiger partial charge is 0.0587 e. The topological polar surface area (TPSA) is 0 Å². The van der Waals surface area contributed by atoms with Crippen molar-refractivity contribution in [2.24, 2.45) is 5.92 Å². The average molecular weight is 263 g/mol. The Hall–Kier alpha value is 0.657. The quantitative estimate of drug-likeness (QED) is 0.599. The maximum absolute atomic E-state index is 4.11. The molecule has 0 N–H and O–H groups in total.